The molecule has 44 valence electrons. The minimum Gasteiger partial charge on any atom is -0.505 e. The maximum Gasteiger partial charge on any atom is 0.153 e. The number of nitrogens with one attached hydrogen (secondary N) is 1. The zero-order chi connectivity index (χ0) is 5.98. The molecule has 1 aliphatic rings. The number of aliphatic hydroxyl groups excluding tert-OH is 1. The second kappa shape index (κ2) is 1.71. The lowest BCUT2D eigenvalue weighted by Crippen LogP contribution is -2.38. The topological polar surface area (TPSA) is 73.9 Å². The molecule has 1 rings (SSSR count). The molecule has 1 heterocycles. The Hall–Kier alpha value is -1.23. The molecule has 0 aliphatic carbocycles. The van der Waals surface area contributed by atoms with Gasteiger partial charge in [0.05, 0.1) is 12.4 Å². The van der Waals surface area contributed by atoms with Crippen LogP contribution in [0, 0.1) is 0 Å². The summed E-state index contributed by atoms with van der Waals surface area (Å²) in [5, 5.41) is 13.0. The summed E-state index contributed by atoms with van der Waals surface area (Å²) in [6.45, 7) is 0. The van der Waals surface area contributed by atoms with E-state index in [1.807, 2.05) is 0 Å². The van der Waals surface area contributed by atoms with Gasteiger partial charge in [-0.3, -0.25) is 5.43 Å². The number of allylic oxidation sites excluding steroid dienone is 1. The Bertz CT molecular complexity index is 140. The molecule has 0 amide bonds. The number of hydrazine groups is 2. The lowest BCUT2D eigenvalue weighted by molar-refractivity contribution is 0.228. The summed E-state index contributed by atoms with van der Waals surface area (Å²) in [7, 11) is 0. The lowest BCUT2D eigenvalue weighted by atomic mass is 10.6. The number of rotatable bonds is 0. The molecule has 0 aromatic rings. The maximum absolute atomic E-state index is 8.59. The van der Waals surface area contributed by atoms with Crippen LogP contribution in [0.1, 0.15) is 0 Å². The first-order valence-corrected chi connectivity index (χ1v) is 2.03. The van der Waals surface area contributed by atoms with Gasteiger partial charge in [0.2, 0.25) is 0 Å². The molecule has 0 spiro atoms. The zero-order valence-corrected chi connectivity index (χ0v) is 4.07. The van der Waals surface area contributed by atoms with Crippen molar-refractivity contribution in [2.75, 3.05) is 0 Å². The Morgan fingerprint density at radius 2 is 2.62 bits per heavy atom. The van der Waals surface area contributed by atoms with Crippen LogP contribution in [0.5, 0.6) is 0 Å². The van der Waals surface area contributed by atoms with Gasteiger partial charge in [-0.25, -0.2) is 5.84 Å². The molecule has 0 unspecified atom stereocenters. The predicted molar refractivity (Wildman–Crippen MR) is 28.4 cm³/mol. The van der Waals surface area contributed by atoms with Crippen LogP contribution in [0.3, 0.4) is 0 Å². The van der Waals surface area contributed by atoms with Crippen LogP contribution in [0.15, 0.2) is 17.1 Å². The van der Waals surface area contributed by atoms with Gasteiger partial charge < -0.3 is 5.11 Å². The minimum atomic E-state index is 0.0618. The second-order valence-corrected chi connectivity index (χ2v) is 1.29. The van der Waals surface area contributed by atoms with E-state index in [-0.39, 0.29) is 5.76 Å². The molecule has 0 atom stereocenters. The summed E-state index contributed by atoms with van der Waals surface area (Å²) in [5.41, 5.74) is 2.43. The van der Waals surface area contributed by atoms with Gasteiger partial charge in [0, 0.05) is 0 Å². The van der Waals surface area contributed by atoms with Gasteiger partial charge in [0.25, 0.3) is 0 Å². The van der Waals surface area contributed by atoms with E-state index in [1.54, 1.807) is 0 Å². The Kier molecular flexibility index (Phi) is 1.05. The smallest absolute Gasteiger partial charge is 0.153 e. The number of nitrogens with zero attached hydrogens (tertiary/aromatic N) is 2. The largest absolute Gasteiger partial charge is 0.505 e. The van der Waals surface area contributed by atoms with Crippen molar-refractivity contribution in [1.82, 2.24) is 10.7 Å². The van der Waals surface area contributed by atoms with Crippen molar-refractivity contribution in [2.45, 2.75) is 0 Å². The lowest BCUT2D eigenvalue weighted by Gasteiger charge is -2.13. The number of aliphatic hydroxyl groups is 1. The fourth-order valence-electron chi connectivity index (χ4n) is 0.324. The summed E-state index contributed by atoms with van der Waals surface area (Å²) >= 11 is 0. The quantitative estimate of drug-likeness (QED) is 0.355. The van der Waals surface area contributed by atoms with Crippen LogP contribution in [0.2, 0.25) is 0 Å². The van der Waals surface area contributed by atoms with Crippen molar-refractivity contribution in [3.8, 4) is 0 Å². The molecule has 0 saturated carbocycles. The Morgan fingerprint density at radius 1 is 1.88 bits per heavy atom. The molecule has 5 nitrogen and oxygen atoms in total. The Morgan fingerprint density at radius 3 is 3.00 bits per heavy atom. The molecule has 5 heteroatoms. The van der Waals surface area contributed by atoms with E-state index in [4.69, 9.17) is 10.9 Å². The summed E-state index contributed by atoms with van der Waals surface area (Å²) in [5.74, 6) is 5.13. The number of hydrazone groups is 1. The van der Waals surface area contributed by atoms with Gasteiger partial charge in [-0.15, -0.1) is 10.3 Å². The third-order valence-electron chi connectivity index (χ3n) is 0.659. The van der Waals surface area contributed by atoms with Crippen LogP contribution in [-0.2, 0) is 0 Å². The molecule has 4 N–H and O–H groups in total. The van der Waals surface area contributed by atoms with Gasteiger partial charge in [-0.1, -0.05) is 0 Å². The average Bonchev–Trinajstić information content (AvgIpc) is 1.77. The van der Waals surface area contributed by atoms with Crippen molar-refractivity contribution in [3.05, 3.63) is 12.0 Å². The molecular weight excluding hydrogens is 108 g/mol. The van der Waals surface area contributed by atoms with Gasteiger partial charge in [-0.2, -0.15) is 0 Å². The molecule has 8 heavy (non-hydrogen) atoms. The van der Waals surface area contributed by atoms with Gasteiger partial charge in [-0.05, 0) is 0 Å². The highest BCUT2D eigenvalue weighted by Crippen LogP contribution is 1.86. The number of nitrogens with two attached hydrogens (primary N) is 1. The van der Waals surface area contributed by atoms with Gasteiger partial charge in [0.1, 0.15) is 0 Å². The van der Waals surface area contributed by atoms with E-state index < -0.39 is 0 Å². The summed E-state index contributed by atoms with van der Waals surface area (Å²) in [4.78, 5) is 0. The standard InChI is InChI=1S/C3H6N4O/c4-7-5-1-3(8)2-6-7/h1-2,5,8H,4H2. The fraction of sp³-hybridized carbons (Fsp3) is 0. The Labute approximate surface area is 46.0 Å². The van der Waals surface area contributed by atoms with E-state index in [9.17, 15) is 0 Å². The Balaban J connectivity index is 2.58. The maximum atomic E-state index is 8.59. The molecule has 0 radical (unpaired) electrons. The van der Waals surface area contributed by atoms with Crippen LogP contribution < -0.4 is 11.3 Å². The summed E-state index contributed by atoms with van der Waals surface area (Å²) in [6.07, 6.45) is 2.56. The monoisotopic (exact) mass is 114 g/mol. The van der Waals surface area contributed by atoms with E-state index in [0.717, 1.165) is 5.23 Å². The van der Waals surface area contributed by atoms with E-state index in [2.05, 4.69) is 10.5 Å². The van der Waals surface area contributed by atoms with E-state index in [1.165, 1.54) is 12.4 Å². The average molecular weight is 114 g/mol. The highest BCUT2D eigenvalue weighted by molar-refractivity contribution is 5.75. The third-order valence-corrected chi connectivity index (χ3v) is 0.659. The van der Waals surface area contributed by atoms with Crippen molar-refractivity contribution >= 4 is 6.21 Å². The predicted octanol–water partition coefficient (Wildman–Crippen LogP) is -0.934. The fourth-order valence-corrected chi connectivity index (χ4v) is 0.324. The van der Waals surface area contributed by atoms with Gasteiger partial charge >= 0.3 is 0 Å². The van der Waals surface area contributed by atoms with Crippen molar-refractivity contribution in [2.24, 2.45) is 10.9 Å². The molecule has 0 aromatic heterocycles. The van der Waals surface area contributed by atoms with Crippen LogP contribution in [0.25, 0.3) is 0 Å². The molecule has 0 bridgehead atoms. The zero-order valence-electron chi connectivity index (χ0n) is 4.07. The normalized spacial score (nSPS) is 17.6. The van der Waals surface area contributed by atoms with E-state index >= 15 is 0 Å². The van der Waals surface area contributed by atoms with E-state index in [0.29, 0.717) is 0 Å². The van der Waals surface area contributed by atoms with Gasteiger partial charge in [0.15, 0.2) is 5.76 Å². The SMILES string of the molecule is NN1N=CC(O)=CN1. The molecular formula is C3H6N4O. The second-order valence-electron chi connectivity index (χ2n) is 1.29. The third kappa shape index (κ3) is 0.881. The highest BCUT2D eigenvalue weighted by atomic mass is 16.3. The van der Waals surface area contributed by atoms with Crippen LogP contribution >= 0.6 is 0 Å². The van der Waals surface area contributed by atoms with Crippen molar-refractivity contribution in [1.29, 1.82) is 0 Å². The molecule has 1 aliphatic heterocycles. The molecule has 0 aromatic carbocycles. The summed E-state index contributed by atoms with van der Waals surface area (Å²) in [6, 6.07) is 0. The first-order chi connectivity index (χ1) is 3.79. The van der Waals surface area contributed by atoms with Crippen molar-refractivity contribution in [3.63, 3.8) is 0 Å². The minimum absolute atomic E-state index is 0.0618. The number of hydrogen-bond acceptors (Lipinski definition) is 5. The highest BCUT2D eigenvalue weighted by Gasteiger charge is 1.95. The first-order valence-electron chi connectivity index (χ1n) is 2.03. The summed E-state index contributed by atoms with van der Waals surface area (Å²) < 4.78 is 0. The molecule has 0 fully saturated rings. The number of hydrogen-bond donors (Lipinski definition) is 3. The first kappa shape index (κ1) is 4.92. The molecule has 0 saturated heterocycles. The van der Waals surface area contributed by atoms with Crippen LogP contribution in [0.4, 0.5) is 0 Å². The van der Waals surface area contributed by atoms with Crippen LogP contribution in [-0.4, -0.2) is 16.5 Å². The van der Waals surface area contributed by atoms with Crippen molar-refractivity contribution < 1.29 is 5.11 Å².